The maximum absolute atomic E-state index is 12.5. The van der Waals surface area contributed by atoms with Gasteiger partial charge >= 0.3 is 0 Å². The molecule has 26 nitrogen and oxygen atoms in total. The summed E-state index contributed by atoms with van der Waals surface area (Å²) >= 11 is 0. The fraction of sp³-hybridized carbons (Fsp3) is 0.156. The van der Waals surface area contributed by atoms with E-state index in [0.717, 1.165) is 43.3 Å². The third-order valence-electron chi connectivity index (χ3n) is 7.73. The van der Waals surface area contributed by atoms with Crippen molar-refractivity contribution < 1.29 is 69.6 Å². The highest BCUT2D eigenvalue weighted by Gasteiger charge is 2.22. The summed E-state index contributed by atoms with van der Waals surface area (Å²) in [6, 6.07) is 16.6. The number of hydrogen-bond acceptors (Lipinski definition) is 21. The van der Waals surface area contributed by atoms with Crippen LogP contribution in [0.4, 0.5) is 52.0 Å². The molecule has 0 saturated carbocycles. The van der Waals surface area contributed by atoms with E-state index in [9.17, 15) is 55.7 Å². The number of hydrogen-bond donors (Lipinski definition) is 8. The fourth-order valence-electron chi connectivity index (χ4n) is 4.78. The van der Waals surface area contributed by atoms with Gasteiger partial charge in [0, 0.05) is 6.07 Å². The summed E-state index contributed by atoms with van der Waals surface area (Å²) in [6.45, 7) is 0.735. The summed E-state index contributed by atoms with van der Waals surface area (Å²) in [5, 5.41) is 21.7. The van der Waals surface area contributed by atoms with Crippen LogP contribution in [0.5, 0.6) is 5.75 Å². The van der Waals surface area contributed by atoms with Crippen LogP contribution >= 0.6 is 0 Å². The first-order valence-electron chi connectivity index (χ1n) is 17.1. The molecule has 0 radical (unpaired) electrons. The van der Waals surface area contributed by atoms with Crippen LogP contribution in [-0.4, -0.2) is 97.5 Å². The number of rotatable bonds is 19. The van der Waals surface area contributed by atoms with Gasteiger partial charge in [-0.15, -0.1) is 0 Å². The van der Waals surface area contributed by atoms with Gasteiger partial charge in [0.15, 0.2) is 5.37 Å². The predicted octanol–water partition coefficient (Wildman–Crippen LogP) is 5.23. The summed E-state index contributed by atoms with van der Waals surface area (Å²) in [5.74, 6) is -2.17. The van der Waals surface area contributed by atoms with Crippen LogP contribution in [0.25, 0.3) is 0 Å². The van der Waals surface area contributed by atoms with E-state index in [4.69, 9.17) is 13.8 Å². The van der Waals surface area contributed by atoms with Gasteiger partial charge in [-0.3, -0.25) is 22.8 Å². The molecule has 5 aromatic rings. The summed E-state index contributed by atoms with van der Waals surface area (Å²) < 4.78 is 170. The second-order valence-electron chi connectivity index (χ2n) is 12.5. The molecule has 0 aliphatic heterocycles. The molecule has 5 rings (SSSR count). The number of nitrogens with one attached hydrogen (secondary N) is 3. The first-order chi connectivity index (χ1) is 29.2. The van der Waals surface area contributed by atoms with Crippen LogP contribution in [0.15, 0.2) is 120 Å². The van der Waals surface area contributed by atoms with Crippen LogP contribution in [0.3, 0.4) is 0 Å². The Balaban J connectivity index is 1.51. The van der Waals surface area contributed by atoms with Crippen molar-refractivity contribution in [3.63, 3.8) is 0 Å². The number of azo groups is 2. The van der Waals surface area contributed by atoms with Crippen molar-refractivity contribution in [1.82, 2.24) is 15.0 Å². The van der Waals surface area contributed by atoms with Gasteiger partial charge in [0.25, 0.3) is 50.6 Å². The number of benzene rings is 4. The van der Waals surface area contributed by atoms with Crippen LogP contribution < -0.4 is 20.7 Å². The molecule has 8 N–H and O–H groups in total. The average Bonchev–Trinajstić information content (AvgIpc) is 3.17. The van der Waals surface area contributed by atoms with Crippen LogP contribution in [0.2, 0.25) is 0 Å². The summed E-state index contributed by atoms with van der Waals surface area (Å²) in [5.41, 5.74) is -0.263. The van der Waals surface area contributed by atoms with Crippen molar-refractivity contribution in [3.8, 4) is 5.75 Å². The van der Waals surface area contributed by atoms with Crippen molar-refractivity contribution in [2.24, 2.45) is 20.5 Å². The van der Waals surface area contributed by atoms with Gasteiger partial charge in [-0.1, -0.05) is 6.07 Å². The van der Waals surface area contributed by atoms with E-state index < -0.39 is 94.2 Å². The molecule has 0 aliphatic rings. The van der Waals surface area contributed by atoms with Gasteiger partial charge in [0.05, 0.1) is 56.3 Å². The Hall–Kier alpha value is -6.16. The molecule has 1 heterocycles. The zero-order chi connectivity index (χ0) is 46.4. The molecule has 1 atom stereocenters. The summed E-state index contributed by atoms with van der Waals surface area (Å²) in [6.07, 6.45) is -0.200. The zero-order valence-corrected chi connectivity index (χ0v) is 35.8. The van der Waals surface area contributed by atoms with E-state index in [1.54, 1.807) is 0 Å². The maximum Gasteiger partial charge on any atom is 0.296 e. The van der Waals surface area contributed by atoms with E-state index in [1.165, 1.54) is 48.5 Å². The Kier molecular flexibility index (Phi) is 14.5. The van der Waals surface area contributed by atoms with Gasteiger partial charge in [-0.05, 0) is 86.1 Å². The molecule has 1 aromatic heterocycles. The number of aromatic nitrogens is 3. The van der Waals surface area contributed by atoms with E-state index in [1.807, 2.05) is 0 Å². The fourth-order valence-corrected chi connectivity index (χ4v) is 7.18. The van der Waals surface area contributed by atoms with Crippen molar-refractivity contribution in [1.29, 1.82) is 0 Å². The summed E-state index contributed by atoms with van der Waals surface area (Å²) in [7, 11) is -23.2. The second kappa shape index (κ2) is 19.1. The average molecular weight is 973 g/mol. The van der Waals surface area contributed by atoms with Gasteiger partial charge in [-0.25, -0.2) is 0 Å². The normalized spacial score (nSPS) is 13.2. The highest BCUT2D eigenvalue weighted by Crippen LogP contribution is 2.34. The molecule has 0 aliphatic carbocycles. The van der Waals surface area contributed by atoms with Crippen molar-refractivity contribution in [2.75, 3.05) is 28.3 Å². The smallest absolute Gasteiger partial charge is 0.296 e. The second-order valence-corrected chi connectivity index (χ2v) is 20.1. The van der Waals surface area contributed by atoms with Crippen molar-refractivity contribution >= 4 is 103 Å². The van der Waals surface area contributed by atoms with E-state index >= 15 is 0 Å². The van der Waals surface area contributed by atoms with Crippen molar-refractivity contribution in [2.45, 2.75) is 33.4 Å². The molecule has 336 valence electrons. The largest absolute Gasteiger partial charge is 0.491 e. The lowest BCUT2D eigenvalue weighted by Crippen LogP contribution is -2.27. The summed E-state index contributed by atoms with van der Waals surface area (Å²) in [4.78, 5) is 10.7. The zero-order valence-electron chi connectivity index (χ0n) is 31.7. The molecule has 0 fully saturated rings. The Morgan fingerprint density at radius 1 is 0.571 bits per heavy atom. The molecule has 0 bridgehead atoms. The third-order valence-corrected chi connectivity index (χ3v) is 12.2. The van der Waals surface area contributed by atoms with E-state index in [0.29, 0.717) is 0 Å². The molecule has 4 aromatic carbocycles. The van der Waals surface area contributed by atoms with Crippen LogP contribution in [0, 0.1) is 0 Å². The molecule has 0 amide bonds. The number of anilines is 5. The molecule has 63 heavy (non-hydrogen) atoms. The topological polar surface area (TPSA) is 405 Å². The van der Waals surface area contributed by atoms with Gasteiger partial charge in [0.2, 0.25) is 17.8 Å². The molecular weight excluding hydrogens is 941 g/mol. The van der Waals surface area contributed by atoms with E-state index in [2.05, 4.69) is 51.4 Å². The Bertz CT molecular complexity index is 3160. The lowest BCUT2D eigenvalue weighted by molar-refractivity contribution is 0.317. The SMILES string of the molecule is CC(Nc1nc(Nc2ccc(N=Nc3cccc(S(=O)(=O)O)c3)cc2OCCCS(=O)(=O)O)nc(Nc2ccc(N=Nc3ccc(S(=O)(=O)O)cc3)cc2S(=O)(=O)O)n1)S(=O)(=O)O. The number of ether oxygens (including phenoxy) is 1. The molecular formula is C32H32N10O16S5. The van der Waals surface area contributed by atoms with Gasteiger partial charge in [0.1, 0.15) is 10.6 Å². The minimum Gasteiger partial charge on any atom is -0.491 e. The highest BCUT2D eigenvalue weighted by molar-refractivity contribution is 7.87. The lowest BCUT2D eigenvalue weighted by atomic mass is 10.2. The van der Waals surface area contributed by atoms with Crippen LogP contribution in [0.1, 0.15) is 13.3 Å². The monoisotopic (exact) mass is 972 g/mol. The van der Waals surface area contributed by atoms with Crippen molar-refractivity contribution in [3.05, 3.63) is 84.9 Å². The quantitative estimate of drug-likeness (QED) is 0.0298. The Morgan fingerprint density at radius 3 is 1.63 bits per heavy atom. The molecule has 1 unspecified atom stereocenters. The van der Waals surface area contributed by atoms with E-state index in [-0.39, 0.29) is 52.9 Å². The molecule has 0 saturated heterocycles. The number of nitrogens with zero attached hydrogens (tertiary/aromatic N) is 7. The third kappa shape index (κ3) is 14.4. The minimum absolute atomic E-state index is 0.0230. The van der Waals surface area contributed by atoms with Gasteiger partial charge in [-0.2, -0.15) is 77.5 Å². The standard InChI is InChI=1S/C32H32N10O16S5/c1-19(60(46,47)48)33-30-36-31(34-26-12-8-22(17-28(26)58-14-3-15-59(43,44)45)41-40-21-4-2-5-25(16-21)62(52,53)54)38-32(37-30)35-27-13-9-23(18-29(27)63(55,56)57)42-39-20-6-10-24(11-7-20)61(49,50)51/h2,4-13,16-19H,3,14-15H2,1H3,(H,43,44,45)(H,46,47,48)(H,49,50,51)(H,52,53,54)(H,55,56,57)(H3,33,34,35,36,37,38). The minimum atomic E-state index is -5.05. The Morgan fingerprint density at radius 2 is 1.08 bits per heavy atom. The van der Waals surface area contributed by atoms with Crippen LogP contribution in [-0.2, 0) is 50.6 Å². The molecule has 0 spiro atoms. The maximum atomic E-state index is 12.5. The first kappa shape index (κ1) is 47.9. The first-order valence-corrected chi connectivity index (χ1v) is 24.5. The lowest BCUT2D eigenvalue weighted by Gasteiger charge is -2.16. The highest BCUT2D eigenvalue weighted by atomic mass is 32.2. The predicted molar refractivity (Wildman–Crippen MR) is 221 cm³/mol. The molecule has 31 heteroatoms. The Labute approximate surface area is 358 Å². The van der Waals surface area contributed by atoms with Gasteiger partial charge < -0.3 is 20.7 Å².